The van der Waals surface area contributed by atoms with Crippen LogP contribution in [0, 0.1) is 5.92 Å². The van der Waals surface area contributed by atoms with Crippen LogP contribution in [0.1, 0.15) is 55.8 Å². The van der Waals surface area contributed by atoms with E-state index in [1.807, 2.05) is 13.0 Å². The smallest absolute Gasteiger partial charge is 0.251 e. The average molecular weight is 465 g/mol. The van der Waals surface area contributed by atoms with E-state index >= 15 is 0 Å². The van der Waals surface area contributed by atoms with Gasteiger partial charge in [-0.05, 0) is 43.9 Å². The Bertz CT molecular complexity index is 1100. The summed E-state index contributed by atoms with van der Waals surface area (Å²) in [5, 5.41) is 6.25. The first-order valence-electron chi connectivity index (χ1n) is 12.1. The van der Waals surface area contributed by atoms with Crippen LogP contribution in [0.3, 0.4) is 0 Å². The highest BCUT2D eigenvalue weighted by molar-refractivity contribution is 5.99. The molecule has 2 amide bonds. The third-order valence-electron chi connectivity index (χ3n) is 6.99. The fourth-order valence-corrected chi connectivity index (χ4v) is 4.87. The van der Waals surface area contributed by atoms with Gasteiger partial charge in [0.2, 0.25) is 11.9 Å². The summed E-state index contributed by atoms with van der Waals surface area (Å²) in [6.07, 6.45) is 8.40. The molecule has 2 fully saturated rings. The number of anilines is 4. The van der Waals surface area contributed by atoms with Crippen molar-refractivity contribution in [3.05, 3.63) is 30.0 Å². The zero-order valence-corrected chi connectivity index (χ0v) is 20.0. The second-order valence-electron chi connectivity index (χ2n) is 9.58. The van der Waals surface area contributed by atoms with Crippen LogP contribution in [0.15, 0.2) is 24.4 Å². The first-order chi connectivity index (χ1) is 16.4. The van der Waals surface area contributed by atoms with Gasteiger partial charge >= 0.3 is 0 Å². The van der Waals surface area contributed by atoms with Crippen molar-refractivity contribution >= 4 is 35.0 Å². The van der Waals surface area contributed by atoms with Gasteiger partial charge < -0.3 is 25.2 Å². The number of methoxy groups -OCH3 is 1. The summed E-state index contributed by atoms with van der Waals surface area (Å²) >= 11 is 0. The molecular formula is C25H32N6O3. The number of carbonyl (C=O) groups is 2. The van der Waals surface area contributed by atoms with E-state index in [9.17, 15) is 9.59 Å². The Labute approximate surface area is 199 Å². The second kappa shape index (κ2) is 9.12. The number of amides is 2. The summed E-state index contributed by atoms with van der Waals surface area (Å²) in [5.74, 6) is 1.60. The van der Waals surface area contributed by atoms with E-state index in [4.69, 9.17) is 9.72 Å². The number of hydrogen-bond donors (Lipinski definition) is 2. The van der Waals surface area contributed by atoms with Gasteiger partial charge in [0.1, 0.15) is 11.4 Å². The average Bonchev–Trinajstić information content (AvgIpc) is 3.51. The SMILES string of the molecule is COc1cc(C(=O)NC2CC2)ccc1Nc1ncc2c(n1)N(C1CCCC1)C[C@H](C)C(=O)N2C. The fourth-order valence-electron chi connectivity index (χ4n) is 4.87. The summed E-state index contributed by atoms with van der Waals surface area (Å²) in [5.41, 5.74) is 1.95. The molecule has 1 aromatic heterocycles. The molecule has 0 radical (unpaired) electrons. The molecule has 9 heteroatoms. The van der Waals surface area contributed by atoms with Crippen LogP contribution in [-0.4, -0.2) is 54.6 Å². The molecule has 34 heavy (non-hydrogen) atoms. The number of ether oxygens (including phenoxy) is 1. The van der Waals surface area contributed by atoms with Crippen LogP contribution < -0.4 is 25.2 Å². The highest BCUT2D eigenvalue weighted by Crippen LogP contribution is 2.38. The fraction of sp³-hybridized carbons (Fsp3) is 0.520. The van der Waals surface area contributed by atoms with E-state index in [1.165, 1.54) is 12.8 Å². The summed E-state index contributed by atoms with van der Waals surface area (Å²) in [6, 6.07) is 5.97. The molecule has 2 aromatic rings. The van der Waals surface area contributed by atoms with Crippen LogP contribution in [0.2, 0.25) is 0 Å². The lowest BCUT2D eigenvalue weighted by Gasteiger charge is -2.31. The lowest BCUT2D eigenvalue weighted by molar-refractivity contribution is -0.121. The maximum Gasteiger partial charge on any atom is 0.251 e. The van der Waals surface area contributed by atoms with Crippen LogP contribution in [-0.2, 0) is 4.79 Å². The molecule has 2 N–H and O–H groups in total. The largest absolute Gasteiger partial charge is 0.495 e. The monoisotopic (exact) mass is 464 g/mol. The van der Waals surface area contributed by atoms with Crippen molar-refractivity contribution in [2.45, 2.75) is 57.5 Å². The number of nitrogens with zero attached hydrogens (tertiary/aromatic N) is 4. The van der Waals surface area contributed by atoms with E-state index in [0.29, 0.717) is 41.6 Å². The van der Waals surface area contributed by atoms with Crippen molar-refractivity contribution in [2.75, 3.05) is 35.8 Å². The van der Waals surface area contributed by atoms with Crippen LogP contribution in [0.5, 0.6) is 5.75 Å². The number of fused-ring (bicyclic) bond motifs is 1. The quantitative estimate of drug-likeness (QED) is 0.675. The highest BCUT2D eigenvalue weighted by Gasteiger charge is 2.35. The van der Waals surface area contributed by atoms with Gasteiger partial charge in [0.05, 0.1) is 24.9 Å². The Hall–Kier alpha value is -3.36. The van der Waals surface area contributed by atoms with Crippen molar-refractivity contribution in [2.24, 2.45) is 5.92 Å². The van der Waals surface area contributed by atoms with E-state index in [0.717, 1.165) is 37.2 Å². The van der Waals surface area contributed by atoms with Crippen LogP contribution in [0.4, 0.5) is 23.1 Å². The topological polar surface area (TPSA) is 99.7 Å². The van der Waals surface area contributed by atoms with Gasteiger partial charge in [-0.2, -0.15) is 4.98 Å². The first-order valence-corrected chi connectivity index (χ1v) is 12.1. The maximum absolute atomic E-state index is 12.9. The van der Waals surface area contributed by atoms with Crippen LogP contribution >= 0.6 is 0 Å². The van der Waals surface area contributed by atoms with Crippen molar-refractivity contribution in [3.63, 3.8) is 0 Å². The molecule has 1 aromatic carbocycles. The Kier molecular flexibility index (Phi) is 6.02. The van der Waals surface area contributed by atoms with Crippen molar-refractivity contribution in [1.82, 2.24) is 15.3 Å². The van der Waals surface area contributed by atoms with Crippen LogP contribution in [0.25, 0.3) is 0 Å². The lowest BCUT2D eigenvalue weighted by Crippen LogP contribution is -2.38. The third-order valence-corrected chi connectivity index (χ3v) is 6.99. The standard InChI is InChI=1S/C25H32N6O3/c1-15-14-31(18-6-4-5-7-18)22-20(30(2)24(15)33)13-26-25(29-22)28-19-11-8-16(12-21(19)34-3)23(32)27-17-9-10-17/h8,11-13,15,17-18H,4-7,9-10,14H2,1-3H3,(H,27,32)(H,26,28,29)/t15-/m0/s1. The Morgan fingerprint density at radius 2 is 1.94 bits per heavy atom. The second-order valence-corrected chi connectivity index (χ2v) is 9.58. The third kappa shape index (κ3) is 4.38. The van der Waals surface area contributed by atoms with Crippen molar-refractivity contribution in [3.8, 4) is 5.75 Å². The molecule has 9 nitrogen and oxygen atoms in total. The molecular weight excluding hydrogens is 432 g/mol. The van der Waals surface area contributed by atoms with Gasteiger partial charge in [-0.1, -0.05) is 19.8 Å². The molecule has 3 aliphatic rings. The summed E-state index contributed by atoms with van der Waals surface area (Å²) in [7, 11) is 3.37. The van der Waals surface area contributed by atoms with Gasteiger partial charge in [-0.25, -0.2) is 4.98 Å². The van der Waals surface area contributed by atoms with Gasteiger partial charge in [0.25, 0.3) is 5.91 Å². The number of nitrogens with one attached hydrogen (secondary N) is 2. The number of rotatable bonds is 6. The van der Waals surface area contributed by atoms with Crippen molar-refractivity contribution < 1.29 is 14.3 Å². The minimum Gasteiger partial charge on any atom is -0.495 e. The summed E-state index contributed by atoms with van der Waals surface area (Å²) in [4.78, 5) is 38.6. The maximum atomic E-state index is 12.9. The molecule has 180 valence electrons. The van der Waals surface area contributed by atoms with Gasteiger partial charge in [0.15, 0.2) is 5.82 Å². The molecule has 2 saturated carbocycles. The molecule has 0 unspecified atom stereocenters. The Morgan fingerprint density at radius 1 is 1.18 bits per heavy atom. The molecule has 2 heterocycles. The Morgan fingerprint density at radius 3 is 2.65 bits per heavy atom. The zero-order chi connectivity index (χ0) is 23.8. The van der Waals surface area contributed by atoms with E-state index in [1.54, 1.807) is 37.4 Å². The normalized spacial score (nSPS) is 20.7. The number of aromatic nitrogens is 2. The number of benzene rings is 1. The minimum absolute atomic E-state index is 0.0767. The molecule has 1 atom stereocenters. The molecule has 0 saturated heterocycles. The number of carbonyl (C=O) groups excluding carboxylic acids is 2. The van der Waals surface area contributed by atoms with E-state index in [-0.39, 0.29) is 17.7 Å². The molecule has 0 spiro atoms. The summed E-state index contributed by atoms with van der Waals surface area (Å²) in [6.45, 7) is 2.62. The molecule has 5 rings (SSSR count). The minimum atomic E-state index is -0.120. The molecule has 1 aliphatic heterocycles. The first kappa shape index (κ1) is 22.4. The van der Waals surface area contributed by atoms with Gasteiger partial charge in [-0.15, -0.1) is 0 Å². The van der Waals surface area contributed by atoms with E-state index < -0.39 is 0 Å². The van der Waals surface area contributed by atoms with Crippen molar-refractivity contribution in [1.29, 1.82) is 0 Å². The highest BCUT2D eigenvalue weighted by atomic mass is 16.5. The molecule has 0 bridgehead atoms. The predicted molar refractivity (Wildman–Crippen MR) is 131 cm³/mol. The molecule has 2 aliphatic carbocycles. The summed E-state index contributed by atoms with van der Waals surface area (Å²) < 4.78 is 5.55. The zero-order valence-electron chi connectivity index (χ0n) is 20.0. The Balaban J connectivity index is 1.44. The predicted octanol–water partition coefficient (Wildman–Crippen LogP) is 3.48. The van der Waals surface area contributed by atoms with Gasteiger partial charge in [0, 0.05) is 31.2 Å². The van der Waals surface area contributed by atoms with E-state index in [2.05, 4.69) is 20.5 Å². The number of hydrogen-bond acceptors (Lipinski definition) is 7. The lowest BCUT2D eigenvalue weighted by atomic mass is 10.1. The van der Waals surface area contributed by atoms with Gasteiger partial charge in [-0.3, -0.25) is 9.59 Å².